The van der Waals surface area contributed by atoms with Crippen molar-refractivity contribution < 1.29 is 9.53 Å². The van der Waals surface area contributed by atoms with Crippen molar-refractivity contribution in [3.8, 4) is 0 Å². The minimum atomic E-state index is -0.131. The second-order valence-electron chi connectivity index (χ2n) is 9.03. The highest BCUT2D eigenvalue weighted by molar-refractivity contribution is 7.09. The molecule has 5 heteroatoms. The highest BCUT2D eigenvalue weighted by Gasteiger charge is 2.54. The van der Waals surface area contributed by atoms with Crippen molar-refractivity contribution in [3.63, 3.8) is 0 Å². The number of hydrogen-bond donors (Lipinski definition) is 0. The van der Waals surface area contributed by atoms with Gasteiger partial charge >= 0.3 is 0 Å². The average Bonchev–Trinajstić information content (AvgIpc) is 3.16. The van der Waals surface area contributed by atoms with Gasteiger partial charge in [-0.05, 0) is 76.0 Å². The summed E-state index contributed by atoms with van der Waals surface area (Å²) in [5.74, 6) is 2.54. The zero-order valence-corrected chi connectivity index (χ0v) is 15.9. The van der Waals surface area contributed by atoms with Gasteiger partial charge in [-0.2, -0.15) is 4.99 Å². The number of thiazole rings is 1. The van der Waals surface area contributed by atoms with E-state index in [1.54, 1.807) is 11.3 Å². The molecule has 5 aliphatic rings. The second-order valence-corrected chi connectivity index (χ2v) is 10.2. The molecule has 25 heavy (non-hydrogen) atoms. The topological polar surface area (TPSA) is 43.6 Å². The van der Waals surface area contributed by atoms with Crippen LogP contribution in [-0.4, -0.2) is 23.2 Å². The van der Waals surface area contributed by atoms with E-state index in [0.717, 1.165) is 67.8 Å². The van der Waals surface area contributed by atoms with E-state index in [2.05, 4.69) is 17.7 Å². The summed E-state index contributed by atoms with van der Waals surface area (Å²) in [6.45, 7) is 3.80. The molecule has 5 fully saturated rings. The van der Waals surface area contributed by atoms with Gasteiger partial charge in [-0.15, -0.1) is 11.3 Å². The SMILES string of the molecule is Cc1cn(CC2CCCO2)/c(=N/C(=O)C23CC4CC(CC(C4)C2)C3)s1. The largest absolute Gasteiger partial charge is 0.376 e. The van der Waals surface area contributed by atoms with Gasteiger partial charge in [-0.1, -0.05) is 0 Å². The zero-order chi connectivity index (χ0) is 17.0. The lowest BCUT2D eigenvalue weighted by molar-refractivity contribution is -0.142. The lowest BCUT2D eigenvalue weighted by atomic mass is 9.49. The summed E-state index contributed by atoms with van der Waals surface area (Å²) in [7, 11) is 0. The van der Waals surface area contributed by atoms with Crippen molar-refractivity contribution in [3.05, 3.63) is 15.9 Å². The molecule has 4 bridgehead atoms. The molecule has 0 aromatic carbocycles. The van der Waals surface area contributed by atoms with E-state index >= 15 is 0 Å². The minimum Gasteiger partial charge on any atom is -0.376 e. The molecular weight excluding hydrogens is 332 g/mol. The van der Waals surface area contributed by atoms with Crippen molar-refractivity contribution in [2.75, 3.05) is 6.61 Å². The Morgan fingerprint density at radius 1 is 1.28 bits per heavy atom. The molecule has 0 spiro atoms. The molecule has 136 valence electrons. The van der Waals surface area contributed by atoms with Crippen LogP contribution in [0.2, 0.25) is 0 Å². The third-order valence-electron chi connectivity index (χ3n) is 6.95. The molecule has 0 N–H and O–H groups in total. The van der Waals surface area contributed by atoms with Gasteiger partial charge in [-0.3, -0.25) is 4.79 Å². The Morgan fingerprint density at radius 3 is 2.56 bits per heavy atom. The molecular formula is C20H28N2O2S. The normalized spacial score (nSPS) is 40.1. The fourth-order valence-electron chi connectivity index (χ4n) is 6.31. The maximum absolute atomic E-state index is 13.3. The first-order chi connectivity index (χ1) is 12.1. The molecule has 1 atom stereocenters. The fourth-order valence-corrected chi connectivity index (χ4v) is 7.15. The summed E-state index contributed by atoms with van der Waals surface area (Å²) >= 11 is 1.65. The molecule has 4 aliphatic carbocycles. The molecule has 2 heterocycles. The smallest absolute Gasteiger partial charge is 0.254 e. The molecule has 1 aromatic rings. The Bertz CT molecular complexity index is 706. The van der Waals surface area contributed by atoms with Crippen molar-refractivity contribution >= 4 is 17.2 Å². The summed E-state index contributed by atoms with van der Waals surface area (Å²) in [4.78, 5) is 20.1. The Hall–Kier alpha value is -0.940. The quantitative estimate of drug-likeness (QED) is 0.825. The highest BCUT2D eigenvalue weighted by Crippen LogP contribution is 2.60. The molecule has 1 saturated heterocycles. The van der Waals surface area contributed by atoms with E-state index in [4.69, 9.17) is 9.73 Å². The number of amides is 1. The average molecular weight is 361 g/mol. The van der Waals surface area contributed by atoms with Crippen LogP contribution in [0, 0.1) is 30.1 Å². The van der Waals surface area contributed by atoms with Gasteiger partial charge in [0.1, 0.15) is 0 Å². The Balaban J connectivity index is 1.43. The number of aromatic nitrogens is 1. The van der Waals surface area contributed by atoms with Crippen molar-refractivity contribution in [1.82, 2.24) is 4.57 Å². The van der Waals surface area contributed by atoms with Crippen molar-refractivity contribution in [2.45, 2.75) is 70.9 Å². The van der Waals surface area contributed by atoms with E-state index in [-0.39, 0.29) is 17.4 Å². The first-order valence-corrected chi connectivity index (χ1v) is 10.8. The first kappa shape index (κ1) is 16.2. The van der Waals surface area contributed by atoms with Crippen molar-refractivity contribution in [1.29, 1.82) is 0 Å². The Kier molecular flexibility index (Phi) is 3.93. The van der Waals surface area contributed by atoms with Crippen LogP contribution < -0.4 is 4.80 Å². The lowest BCUT2D eigenvalue weighted by Crippen LogP contribution is -2.50. The van der Waals surface area contributed by atoms with Gasteiger partial charge in [-0.25, -0.2) is 0 Å². The minimum absolute atomic E-state index is 0.131. The predicted molar refractivity (Wildman–Crippen MR) is 97.2 cm³/mol. The van der Waals surface area contributed by atoms with Crippen LogP contribution in [-0.2, 0) is 16.1 Å². The Morgan fingerprint density at radius 2 is 1.96 bits per heavy atom. The summed E-state index contributed by atoms with van der Waals surface area (Å²) in [5.41, 5.74) is -0.131. The van der Waals surface area contributed by atoms with Crippen LogP contribution in [0.25, 0.3) is 0 Å². The van der Waals surface area contributed by atoms with Gasteiger partial charge in [0.15, 0.2) is 4.80 Å². The van der Waals surface area contributed by atoms with E-state index in [9.17, 15) is 4.79 Å². The van der Waals surface area contributed by atoms with E-state index in [1.807, 2.05) is 0 Å². The number of hydrogen-bond acceptors (Lipinski definition) is 3. The maximum atomic E-state index is 13.3. The van der Waals surface area contributed by atoms with Gasteiger partial charge in [0.05, 0.1) is 18.1 Å². The second kappa shape index (κ2) is 6.05. The Labute approximate surface area is 153 Å². The number of ether oxygens (including phenoxy) is 1. The lowest BCUT2D eigenvalue weighted by Gasteiger charge is -2.55. The van der Waals surface area contributed by atoms with Gasteiger partial charge in [0.25, 0.3) is 5.91 Å². The summed E-state index contributed by atoms with van der Waals surface area (Å²) in [5, 5.41) is 0. The first-order valence-electron chi connectivity index (χ1n) is 9.97. The summed E-state index contributed by atoms with van der Waals surface area (Å²) < 4.78 is 7.94. The molecule has 1 aliphatic heterocycles. The molecule has 1 amide bonds. The molecule has 1 aromatic heterocycles. The summed E-state index contributed by atoms with van der Waals surface area (Å²) in [6.07, 6.45) is 12.1. The molecule has 4 saturated carbocycles. The van der Waals surface area contributed by atoms with Crippen LogP contribution >= 0.6 is 11.3 Å². The van der Waals surface area contributed by atoms with Crippen LogP contribution in [0.15, 0.2) is 11.2 Å². The number of rotatable bonds is 3. The summed E-state index contributed by atoms with van der Waals surface area (Å²) in [6, 6.07) is 0. The van der Waals surface area contributed by atoms with Crippen LogP contribution in [0.3, 0.4) is 0 Å². The third kappa shape index (κ3) is 2.93. The zero-order valence-electron chi connectivity index (χ0n) is 15.1. The predicted octanol–water partition coefficient (Wildman–Crippen LogP) is 3.68. The molecule has 0 radical (unpaired) electrons. The van der Waals surface area contributed by atoms with E-state index in [0.29, 0.717) is 0 Å². The number of carbonyl (C=O) groups excluding carboxylic acids is 1. The third-order valence-corrected chi connectivity index (χ3v) is 7.88. The van der Waals surface area contributed by atoms with Crippen LogP contribution in [0.5, 0.6) is 0 Å². The fraction of sp³-hybridized carbons (Fsp3) is 0.800. The van der Waals surface area contributed by atoms with Gasteiger partial charge in [0, 0.05) is 17.7 Å². The molecule has 4 nitrogen and oxygen atoms in total. The van der Waals surface area contributed by atoms with E-state index < -0.39 is 0 Å². The van der Waals surface area contributed by atoms with Crippen LogP contribution in [0.1, 0.15) is 56.2 Å². The highest BCUT2D eigenvalue weighted by atomic mass is 32.1. The maximum Gasteiger partial charge on any atom is 0.254 e. The molecule has 6 rings (SSSR count). The monoisotopic (exact) mass is 360 g/mol. The van der Waals surface area contributed by atoms with Crippen molar-refractivity contribution in [2.24, 2.45) is 28.2 Å². The number of nitrogens with zero attached hydrogens (tertiary/aromatic N) is 2. The van der Waals surface area contributed by atoms with Gasteiger partial charge < -0.3 is 9.30 Å². The standard InChI is InChI=1S/C20H28N2O2S/c1-13-11-22(12-17-3-2-4-24-17)19(25-13)21-18(23)20-8-14-5-15(9-20)7-16(6-14)10-20/h11,14-17H,2-10,12H2,1H3/b21-19-. The van der Waals surface area contributed by atoms with Crippen LogP contribution in [0.4, 0.5) is 0 Å². The molecule has 1 unspecified atom stereocenters. The van der Waals surface area contributed by atoms with E-state index in [1.165, 1.54) is 24.1 Å². The number of aryl methyl sites for hydroxylation is 1. The number of carbonyl (C=O) groups is 1. The van der Waals surface area contributed by atoms with Gasteiger partial charge in [0.2, 0.25) is 0 Å².